The minimum Gasteiger partial charge on any atom is -0.481 e. The number of hydrogen-bond acceptors (Lipinski definition) is 3. The lowest BCUT2D eigenvalue weighted by Gasteiger charge is -2.17. The highest BCUT2D eigenvalue weighted by Gasteiger charge is 2.19. The van der Waals surface area contributed by atoms with E-state index in [0.29, 0.717) is 6.42 Å². The summed E-state index contributed by atoms with van der Waals surface area (Å²) in [4.78, 5) is 22.3. The van der Waals surface area contributed by atoms with Gasteiger partial charge in [-0.05, 0) is 25.7 Å². The summed E-state index contributed by atoms with van der Waals surface area (Å²) in [5.41, 5.74) is 0. The van der Waals surface area contributed by atoms with E-state index in [4.69, 9.17) is 5.11 Å². The molecule has 2 atom stereocenters. The first-order valence-electron chi connectivity index (χ1n) is 6.91. The second-order valence-corrected chi connectivity index (χ2v) is 6.25. The van der Waals surface area contributed by atoms with Crippen molar-refractivity contribution in [3.05, 3.63) is 0 Å². The van der Waals surface area contributed by atoms with Gasteiger partial charge in [0.05, 0.1) is 5.92 Å². The quantitative estimate of drug-likeness (QED) is 0.651. The average Bonchev–Trinajstić information content (AvgIpc) is 2.28. The van der Waals surface area contributed by atoms with Gasteiger partial charge in [-0.15, -0.1) is 0 Å². The standard InChI is InChI=1S/C14H26O3S/c1-4-6-8-12(14(16)17)9-10-13(7-5-2)18-11(3)15/h12-13H,4-10H2,1-3H3,(H,16,17). The molecule has 0 saturated carbocycles. The van der Waals surface area contributed by atoms with Crippen LogP contribution in [0, 0.1) is 5.92 Å². The number of unbranched alkanes of at least 4 members (excludes halogenated alkanes) is 1. The lowest BCUT2D eigenvalue weighted by molar-refractivity contribution is -0.142. The van der Waals surface area contributed by atoms with Crippen molar-refractivity contribution in [1.29, 1.82) is 0 Å². The fourth-order valence-corrected chi connectivity index (χ4v) is 3.12. The van der Waals surface area contributed by atoms with Gasteiger partial charge >= 0.3 is 5.97 Å². The van der Waals surface area contributed by atoms with E-state index < -0.39 is 5.97 Å². The van der Waals surface area contributed by atoms with Crippen molar-refractivity contribution < 1.29 is 14.7 Å². The molecule has 0 amide bonds. The molecule has 18 heavy (non-hydrogen) atoms. The van der Waals surface area contributed by atoms with Gasteiger partial charge in [0.25, 0.3) is 0 Å². The molecule has 1 N–H and O–H groups in total. The van der Waals surface area contributed by atoms with E-state index in [2.05, 4.69) is 13.8 Å². The fraction of sp³-hybridized carbons (Fsp3) is 0.857. The van der Waals surface area contributed by atoms with Crippen molar-refractivity contribution in [3.8, 4) is 0 Å². The van der Waals surface area contributed by atoms with Crippen LogP contribution in [0.25, 0.3) is 0 Å². The van der Waals surface area contributed by atoms with Gasteiger partial charge in [-0.25, -0.2) is 0 Å². The average molecular weight is 274 g/mol. The predicted octanol–water partition coefficient (Wildman–Crippen LogP) is 4.11. The molecule has 0 aromatic carbocycles. The van der Waals surface area contributed by atoms with E-state index >= 15 is 0 Å². The molecule has 106 valence electrons. The van der Waals surface area contributed by atoms with Crippen molar-refractivity contribution in [1.82, 2.24) is 0 Å². The third kappa shape index (κ3) is 8.56. The third-order valence-electron chi connectivity index (χ3n) is 3.04. The smallest absolute Gasteiger partial charge is 0.306 e. The molecule has 0 aliphatic heterocycles. The summed E-state index contributed by atoms with van der Waals surface area (Å²) < 4.78 is 0. The summed E-state index contributed by atoms with van der Waals surface area (Å²) in [6.07, 6.45) is 6.32. The van der Waals surface area contributed by atoms with Crippen molar-refractivity contribution in [2.45, 2.75) is 71.0 Å². The molecular formula is C14H26O3S. The maximum absolute atomic E-state index is 11.1. The van der Waals surface area contributed by atoms with Gasteiger partial charge in [0.1, 0.15) is 0 Å². The minimum absolute atomic E-state index is 0.133. The zero-order valence-electron chi connectivity index (χ0n) is 11.8. The zero-order valence-corrected chi connectivity index (χ0v) is 12.6. The van der Waals surface area contributed by atoms with Crippen LogP contribution in [0.5, 0.6) is 0 Å². The summed E-state index contributed by atoms with van der Waals surface area (Å²) in [6, 6.07) is 0. The molecule has 0 bridgehead atoms. The Labute approximate surface area is 115 Å². The van der Waals surface area contributed by atoms with Crippen LogP contribution < -0.4 is 0 Å². The second-order valence-electron chi connectivity index (χ2n) is 4.77. The van der Waals surface area contributed by atoms with Gasteiger partial charge in [-0.2, -0.15) is 0 Å². The maximum Gasteiger partial charge on any atom is 0.306 e. The topological polar surface area (TPSA) is 54.4 Å². The summed E-state index contributed by atoms with van der Waals surface area (Å²) >= 11 is 1.37. The molecule has 0 radical (unpaired) electrons. The molecule has 0 saturated heterocycles. The number of carboxylic acids is 1. The molecule has 3 nitrogen and oxygen atoms in total. The van der Waals surface area contributed by atoms with E-state index in [1.807, 2.05) is 0 Å². The van der Waals surface area contributed by atoms with Crippen molar-refractivity contribution >= 4 is 22.8 Å². The maximum atomic E-state index is 11.1. The SMILES string of the molecule is CCCCC(CCC(CCC)SC(C)=O)C(=O)O. The van der Waals surface area contributed by atoms with E-state index in [1.54, 1.807) is 6.92 Å². The number of thioether (sulfide) groups is 1. The predicted molar refractivity (Wildman–Crippen MR) is 76.9 cm³/mol. The van der Waals surface area contributed by atoms with Crippen LogP contribution >= 0.6 is 11.8 Å². The van der Waals surface area contributed by atoms with Gasteiger partial charge in [-0.1, -0.05) is 44.9 Å². The van der Waals surface area contributed by atoms with Crippen LogP contribution in [0.4, 0.5) is 0 Å². The zero-order chi connectivity index (χ0) is 14.0. The van der Waals surface area contributed by atoms with Gasteiger partial charge < -0.3 is 5.11 Å². The molecule has 0 aromatic heterocycles. The van der Waals surface area contributed by atoms with Crippen molar-refractivity contribution in [2.75, 3.05) is 0 Å². The largest absolute Gasteiger partial charge is 0.481 e. The Kier molecular flexibility index (Phi) is 10.1. The second kappa shape index (κ2) is 10.4. The van der Waals surface area contributed by atoms with Crippen LogP contribution in [0.2, 0.25) is 0 Å². The highest BCUT2D eigenvalue weighted by Crippen LogP contribution is 2.25. The monoisotopic (exact) mass is 274 g/mol. The number of carbonyl (C=O) groups excluding carboxylic acids is 1. The van der Waals surface area contributed by atoms with Gasteiger partial charge in [0.15, 0.2) is 5.12 Å². The highest BCUT2D eigenvalue weighted by molar-refractivity contribution is 8.14. The van der Waals surface area contributed by atoms with Crippen LogP contribution in [0.15, 0.2) is 0 Å². The summed E-state index contributed by atoms with van der Waals surface area (Å²) in [5, 5.41) is 9.57. The fourth-order valence-electron chi connectivity index (χ4n) is 2.05. The third-order valence-corrected chi connectivity index (χ3v) is 4.17. The highest BCUT2D eigenvalue weighted by atomic mass is 32.2. The first kappa shape index (κ1) is 17.5. The lowest BCUT2D eigenvalue weighted by Crippen LogP contribution is -2.16. The summed E-state index contributed by atoms with van der Waals surface area (Å²) in [7, 11) is 0. The Morgan fingerprint density at radius 1 is 1.06 bits per heavy atom. The van der Waals surface area contributed by atoms with E-state index in [1.165, 1.54) is 11.8 Å². The van der Waals surface area contributed by atoms with E-state index in [9.17, 15) is 9.59 Å². The number of hydrogen-bond donors (Lipinski definition) is 1. The summed E-state index contributed by atoms with van der Waals surface area (Å²) in [6.45, 7) is 5.75. The molecule has 2 unspecified atom stereocenters. The first-order chi connectivity index (χ1) is 8.51. The molecule has 4 heteroatoms. The minimum atomic E-state index is -0.688. The molecule has 0 heterocycles. The van der Waals surface area contributed by atoms with Gasteiger partial charge in [0, 0.05) is 12.2 Å². The number of carboxylic acid groups (broad SMARTS) is 1. The number of rotatable bonds is 10. The van der Waals surface area contributed by atoms with Gasteiger partial charge in [0.2, 0.25) is 0 Å². The Hall–Kier alpha value is -0.510. The molecule has 0 aromatic rings. The number of carbonyl (C=O) groups is 2. The molecule has 0 aliphatic rings. The Morgan fingerprint density at radius 3 is 2.17 bits per heavy atom. The lowest BCUT2D eigenvalue weighted by atomic mass is 9.95. The van der Waals surface area contributed by atoms with Gasteiger partial charge in [-0.3, -0.25) is 9.59 Å². The van der Waals surface area contributed by atoms with E-state index in [0.717, 1.165) is 38.5 Å². The Bertz CT molecular complexity index is 253. The van der Waals surface area contributed by atoms with E-state index in [-0.39, 0.29) is 16.3 Å². The molecule has 0 rings (SSSR count). The summed E-state index contributed by atoms with van der Waals surface area (Å²) in [5.74, 6) is -0.927. The Balaban J connectivity index is 4.17. The molecular weight excluding hydrogens is 248 g/mol. The van der Waals surface area contributed by atoms with Crippen LogP contribution in [0.3, 0.4) is 0 Å². The molecule has 0 spiro atoms. The molecule has 0 aliphatic carbocycles. The first-order valence-corrected chi connectivity index (χ1v) is 7.79. The van der Waals surface area contributed by atoms with Crippen molar-refractivity contribution in [2.24, 2.45) is 5.92 Å². The van der Waals surface area contributed by atoms with Crippen LogP contribution in [0.1, 0.15) is 65.7 Å². The Morgan fingerprint density at radius 2 is 1.72 bits per heavy atom. The molecule has 0 fully saturated rings. The van der Waals surface area contributed by atoms with Crippen LogP contribution in [-0.4, -0.2) is 21.4 Å². The van der Waals surface area contributed by atoms with Crippen molar-refractivity contribution in [3.63, 3.8) is 0 Å². The van der Waals surface area contributed by atoms with Crippen LogP contribution in [-0.2, 0) is 9.59 Å². The normalized spacial score (nSPS) is 14.2. The number of aliphatic carboxylic acids is 1.